The van der Waals surface area contributed by atoms with Gasteiger partial charge in [-0.25, -0.2) is 4.39 Å². The van der Waals surface area contributed by atoms with Crippen LogP contribution in [0.1, 0.15) is 18.0 Å². The van der Waals surface area contributed by atoms with Crippen LogP contribution in [0.2, 0.25) is 0 Å². The van der Waals surface area contributed by atoms with E-state index in [2.05, 4.69) is 5.32 Å². The fraction of sp³-hybridized carbons (Fsp3) is 0.529. The molecular weight excluding hydrogens is 313 g/mol. The maximum Gasteiger partial charge on any atom is 0.251 e. The minimum absolute atomic E-state index is 0.183. The van der Waals surface area contributed by atoms with Gasteiger partial charge in [0.25, 0.3) is 5.91 Å². The quantitative estimate of drug-likeness (QED) is 0.780. The van der Waals surface area contributed by atoms with E-state index >= 15 is 0 Å². The summed E-state index contributed by atoms with van der Waals surface area (Å²) in [6.07, 6.45) is -0.131. The molecule has 0 spiro atoms. The van der Waals surface area contributed by atoms with Gasteiger partial charge in [0.15, 0.2) is 6.10 Å². The number of nitrogens with zero attached hydrogens (tertiary/aromatic N) is 2. The number of likely N-dealkylation sites (N-methyl/N-ethyl adjacent to an activating group) is 1. The van der Waals surface area contributed by atoms with E-state index in [4.69, 9.17) is 4.74 Å². The minimum atomic E-state index is -0.927. The topological polar surface area (TPSA) is 61.9 Å². The van der Waals surface area contributed by atoms with Crippen molar-refractivity contribution in [2.24, 2.45) is 0 Å². The summed E-state index contributed by atoms with van der Waals surface area (Å²) < 4.78 is 19.6. The number of morpholine rings is 1. The van der Waals surface area contributed by atoms with Crippen molar-refractivity contribution in [3.63, 3.8) is 0 Å². The highest BCUT2D eigenvalue weighted by molar-refractivity contribution is 5.86. The third-order valence-electron chi connectivity index (χ3n) is 4.05. The number of nitrogens with one attached hydrogen (secondary N) is 1. The molecule has 1 fully saturated rings. The number of amides is 2. The zero-order valence-corrected chi connectivity index (χ0v) is 14.3. The molecule has 0 bridgehead atoms. The van der Waals surface area contributed by atoms with Crippen molar-refractivity contribution in [3.8, 4) is 0 Å². The molecule has 0 unspecified atom stereocenters. The Morgan fingerprint density at radius 3 is 2.79 bits per heavy atom. The van der Waals surface area contributed by atoms with Gasteiger partial charge in [0.1, 0.15) is 12.4 Å². The van der Waals surface area contributed by atoms with Gasteiger partial charge < -0.3 is 19.9 Å². The third kappa shape index (κ3) is 4.30. The molecule has 2 rings (SSSR count). The van der Waals surface area contributed by atoms with Crippen LogP contribution in [0.5, 0.6) is 0 Å². The standard InChI is InChI=1S/C17H24FN3O3/c1-20(2)10-6-9-19-17(23)16-15(21(3)14(22)11-24-16)12-7-4-5-8-13(12)18/h4-5,7-8,15-16H,6,9-11H2,1-3H3,(H,19,23)/t15-,16+/m1/s1. The predicted octanol–water partition coefficient (Wildman–Crippen LogP) is 0.792. The molecule has 0 saturated carbocycles. The minimum Gasteiger partial charge on any atom is -0.356 e. The van der Waals surface area contributed by atoms with Gasteiger partial charge in [0, 0.05) is 19.2 Å². The average molecular weight is 337 g/mol. The van der Waals surface area contributed by atoms with Gasteiger partial charge >= 0.3 is 0 Å². The van der Waals surface area contributed by atoms with Crippen molar-refractivity contribution in [2.45, 2.75) is 18.6 Å². The fourth-order valence-electron chi connectivity index (χ4n) is 2.73. The Morgan fingerprint density at radius 2 is 2.12 bits per heavy atom. The molecule has 1 aliphatic heterocycles. The number of carbonyl (C=O) groups excluding carboxylic acids is 2. The molecule has 1 aliphatic rings. The van der Waals surface area contributed by atoms with Crippen molar-refractivity contribution in [3.05, 3.63) is 35.6 Å². The summed E-state index contributed by atoms with van der Waals surface area (Å²) in [5.41, 5.74) is 0.279. The van der Waals surface area contributed by atoms with E-state index in [9.17, 15) is 14.0 Å². The van der Waals surface area contributed by atoms with Crippen molar-refractivity contribution in [1.29, 1.82) is 0 Å². The summed E-state index contributed by atoms with van der Waals surface area (Å²) in [6.45, 7) is 1.16. The molecule has 0 aliphatic carbocycles. The van der Waals surface area contributed by atoms with E-state index in [1.165, 1.54) is 11.0 Å². The van der Waals surface area contributed by atoms with Crippen LogP contribution in [0.25, 0.3) is 0 Å². The second-order valence-corrected chi connectivity index (χ2v) is 6.15. The first kappa shape index (κ1) is 18.4. The van der Waals surface area contributed by atoms with Crippen molar-refractivity contribution in [1.82, 2.24) is 15.1 Å². The monoisotopic (exact) mass is 337 g/mol. The number of halogens is 1. The zero-order valence-electron chi connectivity index (χ0n) is 14.3. The number of rotatable bonds is 6. The summed E-state index contributed by atoms with van der Waals surface area (Å²) in [5, 5.41) is 2.81. The molecular formula is C17H24FN3O3. The van der Waals surface area contributed by atoms with E-state index in [0.29, 0.717) is 6.54 Å². The molecule has 1 N–H and O–H groups in total. The van der Waals surface area contributed by atoms with Crippen LogP contribution in [0, 0.1) is 5.82 Å². The Hall–Kier alpha value is -1.99. The normalized spacial score (nSPS) is 21.2. The first-order valence-corrected chi connectivity index (χ1v) is 7.96. The summed E-state index contributed by atoms with van der Waals surface area (Å²) in [7, 11) is 5.48. The Kier molecular flexibility index (Phi) is 6.28. The molecule has 132 valence electrons. The van der Waals surface area contributed by atoms with Crippen molar-refractivity contribution < 1.29 is 18.7 Å². The molecule has 24 heavy (non-hydrogen) atoms. The maximum absolute atomic E-state index is 14.2. The van der Waals surface area contributed by atoms with E-state index in [0.717, 1.165) is 13.0 Å². The van der Waals surface area contributed by atoms with Crippen LogP contribution < -0.4 is 5.32 Å². The smallest absolute Gasteiger partial charge is 0.251 e. The van der Waals surface area contributed by atoms with Gasteiger partial charge in [-0.3, -0.25) is 9.59 Å². The summed E-state index contributed by atoms with van der Waals surface area (Å²) in [5.74, 6) is -1.07. The van der Waals surface area contributed by atoms with Crippen molar-refractivity contribution in [2.75, 3.05) is 40.8 Å². The SMILES string of the molecule is CN(C)CCCNC(=O)[C@H]1OCC(=O)N(C)[C@@H]1c1ccccc1F. The molecule has 2 amide bonds. The second-order valence-electron chi connectivity index (χ2n) is 6.15. The van der Waals surface area contributed by atoms with E-state index < -0.39 is 18.0 Å². The van der Waals surface area contributed by atoms with E-state index in [1.54, 1.807) is 25.2 Å². The van der Waals surface area contributed by atoms with E-state index in [-0.39, 0.29) is 24.0 Å². The largest absolute Gasteiger partial charge is 0.356 e. The Morgan fingerprint density at radius 1 is 1.42 bits per heavy atom. The van der Waals surface area contributed by atoms with Crippen LogP contribution in [0.15, 0.2) is 24.3 Å². The Labute approximate surface area is 141 Å². The highest BCUT2D eigenvalue weighted by atomic mass is 19.1. The molecule has 1 heterocycles. The Bertz CT molecular complexity index is 594. The summed E-state index contributed by atoms with van der Waals surface area (Å²) in [4.78, 5) is 27.8. The predicted molar refractivity (Wildman–Crippen MR) is 87.8 cm³/mol. The summed E-state index contributed by atoms with van der Waals surface area (Å²) >= 11 is 0. The number of carbonyl (C=O) groups is 2. The fourth-order valence-corrected chi connectivity index (χ4v) is 2.73. The van der Waals surface area contributed by atoms with Crippen LogP contribution in [-0.4, -0.2) is 68.6 Å². The lowest BCUT2D eigenvalue weighted by molar-refractivity contribution is -0.162. The van der Waals surface area contributed by atoms with Gasteiger partial charge in [-0.2, -0.15) is 0 Å². The molecule has 2 atom stereocenters. The first-order valence-electron chi connectivity index (χ1n) is 7.96. The lowest BCUT2D eigenvalue weighted by Crippen LogP contribution is -2.53. The molecule has 1 aromatic carbocycles. The molecule has 1 aromatic rings. The first-order chi connectivity index (χ1) is 11.4. The number of ether oxygens (including phenoxy) is 1. The van der Waals surface area contributed by atoms with E-state index in [1.807, 2.05) is 19.0 Å². The highest BCUT2D eigenvalue weighted by Crippen LogP contribution is 2.30. The number of hydrogen-bond donors (Lipinski definition) is 1. The molecule has 0 aromatic heterocycles. The van der Waals surface area contributed by atoms with Gasteiger partial charge in [0.2, 0.25) is 5.91 Å². The number of hydrogen-bond acceptors (Lipinski definition) is 4. The van der Waals surface area contributed by atoms with Gasteiger partial charge in [-0.05, 0) is 33.1 Å². The third-order valence-corrected chi connectivity index (χ3v) is 4.05. The summed E-state index contributed by atoms with van der Waals surface area (Å²) in [6, 6.07) is 5.36. The average Bonchev–Trinajstić information content (AvgIpc) is 2.54. The molecule has 1 saturated heterocycles. The molecule has 7 heteroatoms. The van der Waals surface area contributed by atoms with Gasteiger partial charge in [-0.15, -0.1) is 0 Å². The van der Waals surface area contributed by atoms with Crippen molar-refractivity contribution >= 4 is 11.8 Å². The Balaban J connectivity index is 2.12. The number of benzene rings is 1. The van der Waals surface area contributed by atoms with Crippen LogP contribution in [0.4, 0.5) is 4.39 Å². The molecule has 6 nitrogen and oxygen atoms in total. The molecule has 0 radical (unpaired) electrons. The van der Waals surface area contributed by atoms with Crippen LogP contribution in [-0.2, 0) is 14.3 Å². The van der Waals surface area contributed by atoms with Crippen LogP contribution >= 0.6 is 0 Å². The zero-order chi connectivity index (χ0) is 17.7. The second kappa shape index (κ2) is 8.21. The lowest BCUT2D eigenvalue weighted by Gasteiger charge is -2.38. The van der Waals surface area contributed by atoms with Crippen LogP contribution in [0.3, 0.4) is 0 Å². The van der Waals surface area contributed by atoms with Gasteiger partial charge in [-0.1, -0.05) is 18.2 Å². The lowest BCUT2D eigenvalue weighted by atomic mass is 9.97. The van der Waals surface area contributed by atoms with Gasteiger partial charge in [0.05, 0.1) is 6.04 Å². The maximum atomic E-state index is 14.2. The highest BCUT2D eigenvalue weighted by Gasteiger charge is 2.41.